The zero-order chi connectivity index (χ0) is 39.1. The van der Waals surface area contributed by atoms with Crippen LogP contribution in [0.25, 0.3) is 110 Å². The zero-order valence-electron chi connectivity index (χ0n) is 31.8. The van der Waals surface area contributed by atoms with Crippen molar-refractivity contribution < 1.29 is 0 Å². The third-order valence-corrected chi connectivity index (χ3v) is 12.1. The van der Waals surface area contributed by atoms with Crippen molar-refractivity contribution in [3.05, 3.63) is 206 Å². The lowest BCUT2D eigenvalue weighted by molar-refractivity contribution is 1.07. The predicted octanol–water partition coefficient (Wildman–Crippen LogP) is 14.5. The number of thiophene rings is 1. The van der Waals surface area contributed by atoms with E-state index < -0.39 is 0 Å². The topological polar surface area (TPSA) is 51.6 Å². The summed E-state index contributed by atoms with van der Waals surface area (Å²) < 4.78 is 2.43. The summed E-state index contributed by atoms with van der Waals surface area (Å²) in [5.74, 6) is 1.86. The normalized spacial score (nSPS) is 11.4. The fraction of sp³-hybridized carbons (Fsp3) is 0. The number of hydrogen-bond donors (Lipinski definition) is 0. The van der Waals surface area contributed by atoms with Crippen molar-refractivity contribution in [3.63, 3.8) is 0 Å². The van der Waals surface area contributed by atoms with E-state index in [4.69, 9.17) is 19.9 Å². The number of pyridine rings is 1. The lowest BCUT2D eigenvalue weighted by atomic mass is 9.99. The molecule has 0 spiro atoms. The van der Waals surface area contributed by atoms with Crippen LogP contribution in [0, 0.1) is 0 Å². The SMILES string of the molecule is c1ccc(-c2ccc(-c3nc(-c4ccc(-c5ccccc5)cc4)nc(-c4ccc(-c5nc6cc(-c7ccccc7)ccc6c6c5sc5ccccc56)cc4)n3)cc2)cc1. The summed E-state index contributed by atoms with van der Waals surface area (Å²) >= 11 is 1.80. The Bertz CT molecular complexity index is 3170. The summed E-state index contributed by atoms with van der Waals surface area (Å²) in [5.41, 5.74) is 12.7. The summed E-state index contributed by atoms with van der Waals surface area (Å²) in [6.45, 7) is 0. The summed E-state index contributed by atoms with van der Waals surface area (Å²) in [4.78, 5) is 20.6. The van der Waals surface area contributed by atoms with Gasteiger partial charge in [-0.3, -0.25) is 0 Å². The van der Waals surface area contributed by atoms with Gasteiger partial charge in [-0.15, -0.1) is 11.3 Å². The molecule has 0 aliphatic heterocycles. The molecule has 8 aromatic carbocycles. The van der Waals surface area contributed by atoms with E-state index >= 15 is 0 Å². The number of nitrogens with zero attached hydrogens (tertiary/aromatic N) is 4. The van der Waals surface area contributed by atoms with Gasteiger partial charge in [0, 0.05) is 43.1 Å². The average Bonchev–Trinajstić information content (AvgIpc) is 3.72. The highest BCUT2D eigenvalue weighted by molar-refractivity contribution is 7.26. The van der Waals surface area contributed by atoms with Crippen LogP contribution in [0.3, 0.4) is 0 Å². The Morgan fingerprint density at radius 1 is 0.288 bits per heavy atom. The first-order valence-corrected chi connectivity index (χ1v) is 20.5. The molecule has 3 aromatic heterocycles. The predicted molar refractivity (Wildman–Crippen MR) is 246 cm³/mol. The van der Waals surface area contributed by atoms with E-state index in [2.05, 4.69) is 194 Å². The molecule has 5 heteroatoms. The van der Waals surface area contributed by atoms with Crippen LogP contribution in [-0.2, 0) is 0 Å². The lowest BCUT2D eigenvalue weighted by Crippen LogP contribution is -2.00. The van der Waals surface area contributed by atoms with Crippen molar-refractivity contribution in [2.75, 3.05) is 0 Å². The highest BCUT2D eigenvalue weighted by Gasteiger charge is 2.18. The van der Waals surface area contributed by atoms with Gasteiger partial charge in [0.25, 0.3) is 0 Å². The third kappa shape index (κ3) is 6.54. The van der Waals surface area contributed by atoms with E-state index in [-0.39, 0.29) is 0 Å². The van der Waals surface area contributed by atoms with E-state index in [1.165, 1.54) is 36.9 Å². The van der Waals surface area contributed by atoms with Crippen LogP contribution < -0.4 is 0 Å². The van der Waals surface area contributed by atoms with E-state index in [1.807, 2.05) is 12.1 Å². The Morgan fingerprint density at radius 2 is 0.678 bits per heavy atom. The van der Waals surface area contributed by atoms with Gasteiger partial charge >= 0.3 is 0 Å². The molecule has 0 aliphatic rings. The quantitative estimate of drug-likeness (QED) is 0.162. The highest BCUT2D eigenvalue weighted by atomic mass is 32.1. The number of aromatic nitrogens is 4. The van der Waals surface area contributed by atoms with Gasteiger partial charge in [0.05, 0.1) is 15.9 Å². The second-order valence-electron chi connectivity index (χ2n) is 14.6. The first-order chi connectivity index (χ1) is 29.2. The van der Waals surface area contributed by atoms with Gasteiger partial charge in [-0.2, -0.15) is 0 Å². The van der Waals surface area contributed by atoms with Gasteiger partial charge < -0.3 is 0 Å². The molecule has 4 nitrogen and oxygen atoms in total. The smallest absolute Gasteiger partial charge is 0.164 e. The Labute approximate surface area is 345 Å². The van der Waals surface area contributed by atoms with Crippen molar-refractivity contribution in [1.29, 1.82) is 0 Å². The Kier molecular flexibility index (Phi) is 8.64. The number of rotatable bonds is 7. The minimum absolute atomic E-state index is 0.613. The molecule has 0 amide bonds. The molecule has 0 fully saturated rings. The van der Waals surface area contributed by atoms with Crippen LogP contribution in [0.2, 0.25) is 0 Å². The monoisotopic (exact) mass is 770 g/mol. The van der Waals surface area contributed by atoms with Gasteiger partial charge in [-0.1, -0.05) is 194 Å². The standard InChI is InChI=1S/C54H34N4S/c1-4-12-35(13-5-1)38-20-26-41(27-21-38)52-56-53(42-28-22-39(23-29-42)36-14-6-2-7-15-36)58-54(57-52)43-30-24-40(25-31-43)50-51-49(46-18-10-11-19-48(46)59-51)45-33-32-44(34-47(45)55-50)37-16-8-3-9-17-37/h1-34H. The minimum Gasteiger partial charge on any atom is -0.246 e. The average molecular weight is 771 g/mol. The van der Waals surface area contributed by atoms with Crippen LogP contribution in [0.4, 0.5) is 0 Å². The largest absolute Gasteiger partial charge is 0.246 e. The number of hydrogen-bond acceptors (Lipinski definition) is 5. The molecule has 59 heavy (non-hydrogen) atoms. The lowest BCUT2D eigenvalue weighted by Gasteiger charge is -2.11. The maximum atomic E-state index is 5.39. The fourth-order valence-corrected chi connectivity index (χ4v) is 9.15. The van der Waals surface area contributed by atoms with Crippen molar-refractivity contribution in [2.45, 2.75) is 0 Å². The summed E-state index contributed by atoms with van der Waals surface area (Å²) in [5, 5.41) is 3.66. The first-order valence-electron chi connectivity index (χ1n) is 19.7. The van der Waals surface area contributed by atoms with Crippen LogP contribution in [0.15, 0.2) is 206 Å². The highest BCUT2D eigenvalue weighted by Crippen LogP contribution is 2.43. The number of benzene rings is 8. The molecule has 0 atom stereocenters. The molecule has 3 heterocycles. The van der Waals surface area contributed by atoms with Gasteiger partial charge in [-0.05, 0) is 45.5 Å². The molecule has 11 aromatic rings. The third-order valence-electron chi connectivity index (χ3n) is 11.0. The van der Waals surface area contributed by atoms with Crippen molar-refractivity contribution in [2.24, 2.45) is 0 Å². The van der Waals surface area contributed by atoms with E-state index in [9.17, 15) is 0 Å². The molecule has 0 unspecified atom stereocenters. The molecular weight excluding hydrogens is 737 g/mol. The second-order valence-corrected chi connectivity index (χ2v) is 15.7. The van der Waals surface area contributed by atoms with Gasteiger partial charge in [0.1, 0.15) is 0 Å². The Balaban J connectivity index is 1.02. The van der Waals surface area contributed by atoms with E-state index in [1.54, 1.807) is 11.3 Å². The molecule has 0 bridgehead atoms. The minimum atomic E-state index is 0.613. The molecule has 0 aliphatic carbocycles. The maximum Gasteiger partial charge on any atom is 0.164 e. The summed E-state index contributed by atoms with van der Waals surface area (Å²) in [6, 6.07) is 72.1. The van der Waals surface area contributed by atoms with Crippen LogP contribution >= 0.6 is 11.3 Å². The van der Waals surface area contributed by atoms with Crippen molar-refractivity contribution in [1.82, 2.24) is 19.9 Å². The Morgan fingerprint density at radius 3 is 1.19 bits per heavy atom. The fourth-order valence-electron chi connectivity index (χ4n) is 7.92. The molecule has 0 radical (unpaired) electrons. The van der Waals surface area contributed by atoms with Crippen LogP contribution in [0.1, 0.15) is 0 Å². The molecule has 11 rings (SSSR count). The first kappa shape index (κ1) is 34.6. The van der Waals surface area contributed by atoms with E-state index in [0.717, 1.165) is 55.5 Å². The second kappa shape index (κ2) is 14.7. The van der Waals surface area contributed by atoms with Gasteiger partial charge in [-0.25, -0.2) is 19.9 Å². The Hall–Kier alpha value is -7.60. The summed E-state index contributed by atoms with van der Waals surface area (Å²) in [6.07, 6.45) is 0. The molecule has 276 valence electrons. The van der Waals surface area contributed by atoms with Crippen molar-refractivity contribution >= 4 is 42.4 Å². The molecule has 0 saturated heterocycles. The maximum absolute atomic E-state index is 5.39. The van der Waals surface area contributed by atoms with Crippen molar-refractivity contribution in [3.8, 4) is 78.8 Å². The summed E-state index contributed by atoms with van der Waals surface area (Å²) in [7, 11) is 0. The van der Waals surface area contributed by atoms with Crippen LogP contribution in [-0.4, -0.2) is 19.9 Å². The van der Waals surface area contributed by atoms with E-state index in [0.29, 0.717) is 17.5 Å². The van der Waals surface area contributed by atoms with Gasteiger partial charge in [0.15, 0.2) is 17.5 Å². The zero-order valence-corrected chi connectivity index (χ0v) is 32.6. The van der Waals surface area contributed by atoms with Crippen LogP contribution in [0.5, 0.6) is 0 Å². The molecule has 0 N–H and O–H groups in total. The molecular formula is C54H34N4S. The van der Waals surface area contributed by atoms with Gasteiger partial charge in [0.2, 0.25) is 0 Å². The number of fused-ring (bicyclic) bond motifs is 5. The molecule has 0 saturated carbocycles.